The lowest BCUT2D eigenvalue weighted by Crippen LogP contribution is -2.10. The molecule has 0 spiro atoms. The lowest BCUT2D eigenvalue weighted by Gasteiger charge is -2.08. The Labute approximate surface area is 166 Å². The van der Waals surface area contributed by atoms with Gasteiger partial charge in [0.1, 0.15) is 30.8 Å². The molecule has 4 aromatic rings. The van der Waals surface area contributed by atoms with Gasteiger partial charge in [-0.15, -0.1) is 0 Å². The molecule has 0 bridgehead atoms. The van der Waals surface area contributed by atoms with Crippen LogP contribution in [0.3, 0.4) is 0 Å². The molecule has 0 aliphatic rings. The van der Waals surface area contributed by atoms with Gasteiger partial charge in [0.2, 0.25) is 0 Å². The molecule has 8 heteroatoms. The summed E-state index contributed by atoms with van der Waals surface area (Å²) in [7, 11) is 0. The summed E-state index contributed by atoms with van der Waals surface area (Å²) in [6, 6.07) is 17.0. The van der Waals surface area contributed by atoms with E-state index in [1.54, 1.807) is 29.3 Å². The van der Waals surface area contributed by atoms with Crippen LogP contribution >= 0.6 is 11.6 Å². The molecular formula is C20H16ClN5O2. The van der Waals surface area contributed by atoms with E-state index in [1.807, 2.05) is 42.5 Å². The second-order valence-corrected chi connectivity index (χ2v) is 6.25. The molecule has 140 valence electrons. The van der Waals surface area contributed by atoms with Crippen LogP contribution in [0.4, 0.5) is 0 Å². The fourth-order valence-electron chi connectivity index (χ4n) is 2.48. The van der Waals surface area contributed by atoms with Gasteiger partial charge in [-0.3, -0.25) is 0 Å². The molecule has 0 saturated carbocycles. The van der Waals surface area contributed by atoms with E-state index in [0.29, 0.717) is 24.2 Å². The number of benzene rings is 2. The molecule has 2 heterocycles. The van der Waals surface area contributed by atoms with E-state index in [-0.39, 0.29) is 0 Å². The van der Waals surface area contributed by atoms with Crippen molar-refractivity contribution < 1.29 is 9.47 Å². The molecule has 0 radical (unpaired) electrons. The molecule has 0 saturated heterocycles. The number of rotatable bonds is 7. The number of ether oxygens (including phenoxy) is 2. The molecule has 0 unspecified atom stereocenters. The van der Waals surface area contributed by atoms with Gasteiger partial charge in [0.25, 0.3) is 0 Å². The van der Waals surface area contributed by atoms with Crippen molar-refractivity contribution in [3.8, 4) is 28.8 Å². The summed E-state index contributed by atoms with van der Waals surface area (Å²) in [5.41, 5.74) is 1.70. The van der Waals surface area contributed by atoms with Crippen LogP contribution < -0.4 is 9.47 Å². The van der Waals surface area contributed by atoms with Crippen LogP contribution in [0, 0.1) is 0 Å². The highest BCUT2D eigenvalue weighted by Gasteiger charge is 2.05. The molecule has 0 aliphatic heterocycles. The predicted molar refractivity (Wildman–Crippen MR) is 105 cm³/mol. The van der Waals surface area contributed by atoms with Crippen molar-refractivity contribution in [1.29, 1.82) is 0 Å². The molecule has 7 nitrogen and oxygen atoms in total. The molecular weight excluding hydrogens is 378 g/mol. The second kappa shape index (κ2) is 8.49. The highest BCUT2D eigenvalue weighted by atomic mass is 35.5. The molecule has 28 heavy (non-hydrogen) atoms. The largest absolute Gasteiger partial charge is 0.461 e. The smallest absolute Gasteiger partial charge is 0.316 e. The fraction of sp³-hybridized carbons (Fsp3) is 0.100. The molecule has 0 N–H and O–H groups in total. The van der Waals surface area contributed by atoms with Crippen molar-refractivity contribution in [2.75, 3.05) is 6.61 Å². The Morgan fingerprint density at radius 1 is 0.929 bits per heavy atom. The Kier molecular flexibility index (Phi) is 5.44. The number of aromatic nitrogens is 5. The predicted octanol–water partition coefficient (Wildman–Crippen LogP) is 4.26. The number of nitrogens with zero attached hydrogens (tertiary/aromatic N) is 5. The Bertz CT molecular complexity index is 1020. The molecule has 0 aliphatic carbocycles. The summed E-state index contributed by atoms with van der Waals surface area (Å²) in [5, 5.41) is 4.69. The van der Waals surface area contributed by atoms with Crippen molar-refractivity contribution >= 4 is 11.6 Å². The minimum absolute atomic E-state index is 0.319. The van der Waals surface area contributed by atoms with Gasteiger partial charge in [-0.25, -0.2) is 14.6 Å². The van der Waals surface area contributed by atoms with E-state index in [0.717, 1.165) is 22.8 Å². The Hall–Kier alpha value is -3.45. The average molecular weight is 394 g/mol. The summed E-state index contributed by atoms with van der Waals surface area (Å²) < 4.78 is 13.1. The SMILES string of the molecule is Clc1ccc(Oc2ccc(-c3ccnc(OCCn4cncn4)n3)cc2)cc1. The van der Waals surface area contributed by atoms with E-state index in [1.165, 1.54) is 6.33 Å². The fourth-order valence-corrected chi connectivity index (χ4v) is 2.61. The lowest BCUT2D eigenvalue weighted by molar-refractivity contribution is 0.270. The van der Waals surface area contributed by atoms with Gasteiger partial charge in [0.15, 0.2) is 0 Å². The van der Waals surface area contributed by atoms with E-state index in [4.69, 9.17) is 21.1 Å². The first-order valence-electron chi connectivity index (χ1n) is 8.58. The monoisotopic (exact) mass is 393 g/mol. The third-order valence-electron chi connectivity index (χ3n) is 3.85. The zero-order valence-electron chi connectivity index (χ0n) is 14.8. The summed E-state index contributed by atoms with van der Waals surface area (Å²) >= 11 is 5.89. The average Bonchev–Trinajstić information content (AvgIpc) is 3.24. The van der Waals surface area contributed by atoms with Crippen LogP contribution in [0.1, 0.15) is 0 Å². The molecule has 2 aromatic heterocycles. The summed E-state index contributed by atoms with van der Waals surface area (Å²) in [5.74, 6) is 1.45. The Morgan fingerprint density at radius 3 is 2.39 bits per heavy atom. The van der Waals surface area contributed by atoms with Gasteiger partial charge in [-0.05, 0) is 54.6 Å². The summed E-state index contributed by atoms with van der Waals surface area (Å²) in [6.07, 6.45) is 4.79. The standard InChI is InChI=1S/C20H16ClN5O2/c21-16-3-7-18(8-4-16)28-17-5-1-15(2-6-17)19-9-10-23-20(25-19)27-12-11-26-14-22-13-24-26/h1-10,13-14H,11-12H2. The first kappa shape index (κ1) is 17.9. The molecule has 2 aromatic carbocycles. The Balaban J connectivity index is 1.40. The van der Waals surface area contributed by atoms with Crippen molar-refractivity contribution in [1.82, 2.24) is 24.7 Å². The second-order valence-electron chi connectivity index (χ2n) is 5.81. The van der Waals surface area contributed by atoms with Crippen LogP contribution in [0.15, 0.2) is 73.4 Å². The van der Waals surface area contributed by atoms with Crippen molar-refractivity contribution in [2.24, 2.45) is 0 Å². The normalized spacial score (nSPS) is 10.6. The van der Waals surface area contributed by atoms with Crippen LogP contribution in [0.5, 0.6) is 17.5 Å². The molecule has 4 rings (SSSR count). The lowest BCUT2D eigenvalue weighted by atomic mass is 10.1. The van der Waals surface area contributed by atoms with Gasteiger partial charge >= 0.3 is 6.01 Å². The van der Waals surface area contributed by atoms with Crippen LogP contribution in [0.2, 0.25) is 5.02 Å². The molecule has 0 fully saturated rings. The summed E-state index contributed by atoms with van der Waals surface area (Å²) in [6.45, 7) is 0.977. The van der Waals surface area contributed by atoms with Gasteiger partial charge in [0, 0.05) is 16.8 Å². The van der Waals surface area contributed by atoms with Crippen molar-refractivity contribution in [3.05, 3.63) is 78.5 Å². The van der Waals surface area contributed by atoms with Crippen LogP contribution in [-0.4, -0.2) is 31.3 Å². The van der Waals surface area contributed by atoms with Gasteiger partial charge in [-0.2, -0.15) is 10.1 Å². The van der Waals surface area contributed by atoms with Gasteiger partial charge < -0.3 is 9.47 Å². The van der Waals surface area contributed by atoms with E-state index < -0.39 is 0 Å². The van der Waals surface area contributed by atoms with E-state index in [2.05, 4.69) is 20.1 Å². The highest BCUT2D eigenvalue weighted by molar-refractivity contribution is 6.30. The third-order valence-corrected chi connectivity index (χ3v) is 4.10. The number of hydrogen-bond donors (Lipinski definition) is 0. The van der Waals surface area contributed by atoms with Gasteiger partial charge in [-0.1, -0.05) is 11.6 Å². The maximum absolute atomic E-state index is 5.89. The van der Waals surface area contributed by atoms with Crippen molar-refractivity contribution in [2.45, 2.75) is 6.54 Å². The number of hydrogen-bond acceptors (Lipinski definition) is 6. The van der Waals surface area contributed by atoms with Crippen molar-refractivity contribution in [3.63, 3.8) is 0 Å². The minimum Gasteiger partial charge on any atom is -0.461 e. The topological polar surface area (TPSA) is 75.0 Å². The minimum atomic E-state index is 0.319. The first-order chi connectivity index (χ1) is 13.8. The quantitative estimate of drug-likeness (QED) is 0.467. The molecule has 0 amide bonds. The Morgan fingerprint density at radius 2 is 1.68 bits per heavy atom. The third kappa shape index (κ3) is 4.63. The zero-order chi connectivity index (χ0) is 19.2. The van der Waals surface area contributed by atoms with Crippen LogP contribution in [-0.2, 0) is 6.54 Å². The summed E-state index contributed by atoms with van der Waals surface area (Å²) in [4.78, 5) is 12.5. The highest BCUT2D eigenvalue weighted by Crippen LogP contribution is 2.26. The van der Waals surface area contributed by atoms with E-state index >= 15 is 0 Å². The van der Waals surface area contributed by atoms with Gasteiger partial charge in [0.05, 0.1) is 12.2 Å². The maximum atomic E-state index is 5.89. The van der Waals surface area contributed by atoms with E-state index in [9.17, 15) is 0 Å². The zero-order valence-corrected chi connectivity index (χ0v) is 15.5. The number of halogens is 1. The molecule has 0 atom stereocenters. The van der Waals surface area contributed by atoms with Crippen LogP contribution in [0.25, 0.3) is 11.3 Å². The maximum Gasteiger partial charge on any atom is 0.316 e. The first-order valence-corrected chi connectivity index (χ1v) is 8.96.